The number of phenolic OH excluding ortho intramolecular Hbond substituents is 4. The number of nitrogen functional groups attached to an aromatic ring is 1. The summed E-state index contributed by atoms with van der Waals surface area (Å²) in [6.07, 6.45) is -3.07. The van der Waals surface area contributed by atoms with Gasteiger partial charge in [0.05, 0.1) is 59.1 Å². The molecule has 0 atom stereocenters. The lowest BCUT2D eigenvalue weighted by atomic mass is 10.1. The van der Waals surface area contributed by atoms with Gasteiger partial charge in [0, 0.05) is 104 Å². The van der Waals surface area contributed by atoms with Crippen molar-refractivity contribution in [2.24, 2.45) is 31.4 Å². The molecule has 0 saturated carbocycles. The number of nitrogens with zero attached hydrogens (tertiary/aromatic N) is 9. The molecule has 0 fully saturated rings. The second-order valence-electron chi connectivity index (χ2n) is 20.8. The molecule has 0 saturated heterocycles. The minimum Gasteiger partial charge on any atom is -0.506 e. The molecule has 0 unspecified atom stereocenters. The fourth-order valence-electron chi connectivity index (χ4n) is 8.50. The summed E-state index contributed by atoms with van der Waals surface area (Å²) < 4.78 is 81.4. The lowest BCUT2D eigenvalue weighted by Crippen LogP contribution is -2.11. The van der Waals surface area contributed by atoms with E-state index in [0.29, 0.717) is 35.4 Å². The molecular weight excluding hydrogens is 1460 g/mol. The van der Waals surface area contributed by atoms with Crippen LogP contribution in [0.1, 0.15) is 92.7 Å². The average Bonchev–Trinajstić information content (AvgIpc) is 1.55. The number of hydrogen-bond acceptors (Lipinski definition) is 24. The summed E-state index contributed by atoms with van der Waals surface area (Å²) in [5.41, 5.74) is 20.9. The first kappa shape index (κ1) is 89.4. The first-order chi connectivity index (χ1) is 48.7. The average molecular weight is 1530 g/mol. The number of oxazole rings is 1. The van der Waals surface area contributed by atoms with Crippen molar-refractivity contribution in [2.45, 2.75) is 71.6 Å². The molecule has 0 spiro atoms. The quantitative estimate of drug-likeness (QED) is 0.00837. The molecule has 11 rings (SSSR count). The van der Waals surface area contributed by atoms with Crippen LogP contribution in [-0.2, 0) is 12.4 Å². The maximum absolute atomic E-state index is 13.0. The van der Waals surface area contributed by atoms with Crippen molar-refractivity contribution < 1.29 is 76.2 Å². The number of fused-ring (bicyclic) bond motifs is 1. The fraction of sp³-hybridized carbons (Fsp3) is 0.269. The molecule has 7 aromatic carbocycles. The summed E-state index contributed by atoms with van der Waals surface area (Å²) in [7, 11) is 0. The third-order valence-electron chi connectivity index (χ3n) is 13.2. The van der Waals surface area contributed by atoms with Gasteiger partial charge in [-0.25, -0.2) is 4.85 Å². The van der Waals surface area contributed by atoms with Gasteiger partial charge in [-0.05, 0) is 186 Å². The van der Waals surface area contributed by atoms with Crippen molar-refractivity contribution >= 4 is 133 Å². The maximum Gasteiger partial charge on any atom is 0.417 e. The van der Waals surface area contributed by atoms with Gasteiger partial charge >= 0.3 is 29.4 Å². The number of alkyl halides is 6. The van der Waals surface area contributed by atoms with Crippen molar-refractivity contribution in [3.63, 3.8) is 0 Å². The van der Waals surface area contributed by atoms with Gasteiger partial charge < -0.3 is 63.0 Å². The summed E-state index contributed by atoms with van der Waals surface area (Å²) in [4.78, 5) is 53.0. The highest BCUT2D eigenvalue weighted by molar-refractivity contribution is 7.78. The molecule has 104 heavy (non-hydrogen) atoms. The minimum atomic E-state index is -4.53. The molecule has 27 nitrogen and oxygen atoms in total. The van der Waals surface area contributed by atoms with Crippen LogP contribution in [0.4, 0.5) is 72.2 Å². The van der Waals surface area contributed by atoms with Crippen LogP contribution in [-0.4, -0.2) is 124 Å². The number of anilines is 3. The number of aromatic nitrogens is 1. The Morgan fingerprint density at radius 1 is 0.654 bits per heavy atom. The van der Waals surface area contributed by atoms with E-state index in [0.717, 1.165) is 122 Å². The smallest absolute Gasteiger partial charge is 0.417 e. The van der Waals surface area contributed by atoms with E-state index >= 15 is 0 Å². The molecule has 0 aliphatic carbocycles. The van der Waals surface area contributed by atoms with E-state index in [9.17, 15) is 66.9 Å². The molecule has 0 radical (unpaired) electrons. The highest BCUT2D eigenvalue weighted by atomic mass is 35.5. The fourth-order valence-corrected chi connectivity index (χ4v) is 9.05. The zero-order valence-corrected chi connectivity index (χ0v) is 58.6. The molecule has 8 aromatic rings. The van der Waals surface area contributed by atoms with Gasteiger partial charge in [0.25, 0.3) is 6.01 Å². The molecule has 556 valence electrons. The molecule has 0 amide bonds. The van der Waals surface area contributed by atoms with Crippen LogP contribution >= 0.6 is 47.8 Å². The number of benzene rings is 7. The van der Waals surface area contributed by atoms with Crippen LogP contribution in [0.5, 0.6) is 23.0 Å². The molecule has 14 N–H and O–H groups in total. The van der Waals surface area contributed by atoms with E-state index in [1.807, 2.05) is 23.4 Å². The van der Waals surface area contributed by atoms with Crippen LogP contribution in [0.3, 0.4) is 0 Å². The van der Waals surface area contributed by atoms with Crippen LogP contribution < -0.4 is 22.5 Å². The number of aliphatic imine (C=N–C) groups is 4. The number of thiocarbonyl (C=S) groups is 1. The van der Waals surface area contributed by atoms with Crippen molar-refractivity contribution in [3.8, 4) is 23.0 Å². The number of aliphatic hydroxyl groups is 2. The lowest BCUT2D eigenvalue weighted by Gasteiger charge is -2.10. The Labute approximate surface area is 612 Å². The van der Waals surface area contributed by atoms with E-state index in [-0.39, 0.29) is 93.1 Å². The van der Waals surface area contributed by atoms with Crippen LogP contribution in [0.15, 0.2) is 152 Å². The molecule has 3 aliphatic rings. The Kier molecular flexibility index (Phi) is 38.3. The number of rotatable bonds is 11. The Morgan fingerprint density at radius 3 is 1.51 bits per heavy atom. The molecule has 0 bridgehead atoms. The van der Waals surface area contributed by atoms with Gasteiger partial charge in [0.2, 0.25) is 0 Å². The van der Waals surface area contributed by atoms with E-state index < -0.39 is 49.7 Å². The first-order valence-electron chi connectivity index (χ1n) is 30.4. The highest BCUT2D eigenvalue weighted by Gasteiger charge is 2.34. The van der Waals surface area contributed by atoms with Crippen LogP contribution in [0, 0.1) is 42.3 Å². The van der Waals surface area contributed by atoms with Gasteiger partial charge in [-0.15, -0.1) is 12.4 Å². The molecule has 1 aromatic heterocycles. The Hall–Kier alpha value is -10.7. The van der Waals surface area contributed by atoms with E-state index in [1.54, 1.807) is 38.1 Å². The Morgan fingerprint density at radius 2 is 1.08 bits per heavy atom. The number of aromatic hydroxyl groups is 4. The zero-order valence-electron chi connectivity index (χ0n) is 55.5. The molecule has 37 heteroatoms. The molecular formula is C67H71Cl3F6N14O13S. The second-order valence-corrected chi connectivity index (χ2v) is 21.7. The van der Waals surface area contributed by atoms with Gasteiger partial charge in [0.1, 0.15) is 11.3 Å². The Bertz CT molecular complexity index is 4420. The van der Waals surface area contributed by atoms with E-state index in [4.69, 9.17) is 77.2 Å². The summed E-state index contributed by atoms with van der Waals surface area (Å²) in [6.45, 7) is 15.7. The van der Waals surface area contributed by atoms with Gasteiger partial charge in [-0.3, -0.25) is 45.3 Å². The number of hydrogen-bond donors (Lipinski definition) is 11. The normalized spacial score (nSPS) is 12.2. The number of phenols is 4. The van der Waals surface area contributed by atoms with Crippen LogP contribution in [0.25, 0.3) is 15.9 Å². The monoisotopic (exact) mass is 1530 g/mol. The number of nitrogens with one attached hydrogen (secondary N) is 2. The summed E-state index contributed by atoms with van der Waals surface area (Å²) >= 11 is 15.3. The zero-order chi connectivity index (χ0) is 77.1. The number of nitro benzene ring substituents is 3. The van der Waals surface area contributed by atoms with E-state index in [1.165, 1.54) is 61.5 Å². The largest absolute Gasteiger partial charge is 0.506 e. The van der Waals surface area contributed by atoms with Crippen LogP contribution in [0.2, 0.25) is 10.0 Å². The van der Waals surface area contributed by atoms with Crippen molar-refractivity contribution in [3.05, 3.63) is 213 Å². The lowest BCUT2D eigenvalue weighted by molar-refractivity contribution is -0.386. The minimum absolute atomic E-state index is 0. The van der Waals surface area contributed by atoms with Crippen molar-refractivity contribution in [1.82, 2.24) is 4.98 Å². The maximum atomic E-state index is 13.0. The van der Waals surface area contributed by atoms with Gasteiger partial charge in [-0.2, -0.15) is 36.3 Å². The predicted octanol–water partition coefficient (Wildman–Crippen LogP) is 16.2. The standard InChI is InChI=1S/C18H13ClF3N3O.C10H10N2O3.C10H12N2O.C8H3ClF3NS.C8H8N2O3.C7H4N2O3.C2H8N2.2C2H6O.ClH/c19-13-5-4-11(9-12(13)18(20,21)22)24-17-25-15-8-10(3-6-16(15)26-17)14-2-1-7-23-14;13-10-4-3-7(6-9(10)12(14)15)8-2-1-5-11-8;11-8-6-7(3-4-10(8)13)9-2-1-5-12-9;9-7-2-1-5(13-4-14)3-6(7)8(10,11)12;1-5(9)6-2-3-8(11)7(4-6)10(12)13;1-8-5-2-3-7(10)6(4-5)9(11)12;3-1-2-4;2*1-2-3;/h3-6,8-9H,1-2,7H2,(H,24,25);3-4,6,13H,1-2,5H2;3-4,6,13H,1-2,5,11H2;1-3H;2-4,9,11H,1H3;2-4,10H;1-4H2;2*3H,2H2,1H3;1H. The number of nitrogens with two attached hydrogens (primary N) is 3. The number of halogens is 9. The topological polar surface area (TPSA) is 445 Å². The van der Waals surface area contributed by atoms with E-state index in [2.05, 4.69) is 47.3 Å². The Balaban J connectivity index is 0.000000421. The number of nitro groups is 3. The summed E-state index contributed by atoms with van der Waals surface area (Å²) in [6, 6.07) is 29.5. The number of isothiocyanates is 1. The number of aliphatic hydroxyl groups excluding tert-OH is 2. The van der Waals surface area contributed by atoms with Gasteiger partial charge in [-0.1, -0.05) is 29.3 Å². The predicted molar refractivity (Wildman–Crippen MR) is 393 cm³/mol. The molecule has 4 heterocycles. The first-order valence-corrected chi connectivity index (χ1v) is 31.5. The second kappa shape index (κ2) is 44.6. The third-order valence-corrected chi connectivity index (χ3v) is 14.0. The van der Waals surface area contributed by atoms with Crippen molar-refractivity contribution in [1.29, 1.82) is 5.41 Å². The highest BCUT2D eigenvalue weighted by Crippen LogP contribution is 2.39. The summed E-state index contributed by atoms with van der Waals surface area (Å²) in [5, 5.41) is 94.1. The van der Waals surface area contributed by atoms with Crippen molar-refractivity contribution in [2.75, 3.05) is 57.0 Å². The third kappa shape index (κ3) is 29.3. The van der Waals surface area contributed by atoms with Gasteiger partial charge in [0.15, 0.2) is 28.5 Å². The molecule has 3 aliphatic heterocycles. The SMILES string of the molecule is CC(=N)c1ccc(O)c([N+](=O)[O-])c1.CCO.CCO.Cl.FC(F)(F)c1cc(N=C=S)ccc1Cl.FC(F)(F)c1cc(Nc2nc3cc(C4=NCCC4)ccc3o2)ccc1Cl.NCCN.Nc1cc(C2=NCCC2)ccc1O.O=[N+]([O-])c1cc(C2=NCCC2)ccc1O.[C-]#[N+]c1ccc(O)c([N+](=O)[O-])c1. The summed E-state index contributed by atoms with van der Waals surface area (Å²) in [5.74, 6) is -0.966.